The van der Waals surface area contributed by atoms with E-state index in [9.17, 15) is 9.18 Å². The van der Waals surface area contributed by atoms with Crippen LogP contribution in [-0.4, -0.2) is 12.6 Å². The molecular formula is C18H21FN2O2. The first-order valence-electron chi connectivity index (χ1n) is 7.49. The van der Waals surface area contributed by atoms with Crippen molar-refractivity contribution >= 4 is 11.7 Å². The molecule has 0 saturated carbocycles. The van der Waals surface area contributed by atoms with Crippen LogP contribution in [0, 0.1) is 5.82 Å². The van der Waals surface area contributed by atoms with Gasteiger partial charge in [-0.25, -0.2) is 9.18 Å². The SMILES string of the molecule is CCOc1ccccc1NC(=O)NC(C)(C)c1ccc(F)cc1. The summed E-state index contributed by atoms with van der Waals surface area (Å²) in [6.45, 7) is 6.11. The number of urea groups is 1. The van der Waals surface area contributed by atoms with E-state index < -0.39 is 5.54 Å². The molecule has 0 spiro atoms. The first-order chi connectivity index (χ1) is 10.9. The van der Waals surface area contributed by atoms with Crippen molar-refractivity contribution in [3.05, 3.63) is 59.9 Å². The van der Waals surface area contributed by atoms with Crippen LogP contribution in [0.4, 0.5) is 14.9 Å². The molecule has 5 heteroatoms. The number of halogens is 1. The molecule has 2 amide bonds. The predicted octanol–water partition coefficient (Wildman–Crippen LogP) is 4.28. The van der Waals surface area contributed by atoms with E-state index >= 15 is 0 Å². The Morgan fingerprint density at radius 3 is 2.43 bits per heavy atom. The van der Waals surface area contributed by atoms with Crippen molar-refractivity contribution < 1.29 is 13.9 Å². The molecule has 0 heterocycles. The van der Waals surface area contributed by atoms with Gasteiger partial charge >= 0.3 is 6.03 Å². The van der Waals surface area contributed by atoms with Gasteiger partial charge in [0, 0.05) is 0 Å². The molecule has 0 unspecified atom stereocenters. The van der Waals surface area contributed by atoms with E-state index in [-0.39, 0.29) is 11.8 Å². The van der Waals surface area contributed by atoms with E-state index in [0.717, 1.165) is 5.56 Å². The summed E-state index contributed by atoms with van der Waals surface area (Å²) < 4.78 is 18.5. The number of nitrogens with one attached hydrogen (secondary N) is 2. The van der Waals surface area contributed by atoms with Crippen LogP contribution in [-0.2, 0) is 5.54 Å². The summed E-state index contributed by atoms with van der Waals surface area (Å²) in [5.74, 6) is 0.310. The van der Waals surface area contributed by atoms with Crippen molar-refractivity contribution in [3.8, 4) is 5.75 Å². The summed E-state index contributed by atoms with van der Waals surface area (Å²) in [6.07, 6.45) is 0. The van der Waals surface area contributed by atoms with Crippen molar-refractivity contribution in [1.82, 2.24) is 5.32 Å². The predicted molar refractivity (Wildman–Crippen MR) is 89.2 cm³/mol. The van der Waals surface area contributed by atoms with Crippen molar-refractivity contribution in [3.63, 3.8) is 0 Å². The average Bonchev–Trinajstić information content (AvgIpc) is 2.49. The number of ether oxygens (including phenoxy) is 1. The normalized spacial score (nSPS) is 11.0. The Balaban J connectivity index is 2.08. The lowest BCUT2D eigenvalue weighted by atomic mass is 9.94. The Morgan fingerprint density at radius 1 is 1.13 bits per heavy atom. The maximum absolute atomic E-state index is 13.0. The first kappa shape index (κ1) is 16.8. The topological polar surface area (TPSA) is 50.4 Å². The van der Waals surface area contributed by atoms with E-state index in [2.05, 4.69) is 10.6 Å². The van der Waals surface area contributed by atoms with E-state index in [1.165, 1.54) is 12.1 Å². The van der Waals surface area contributed by atoms with Crippen LogP contribution in [0.15, 0.2) is 48.5 Å². The van der Waals surface area contributed by atoms with Gasteiger partial charge in [-0.15, -0.1) is 0 Å². The average molecular weight is 316 g/mol. The van der Waals surface area contributed by atoms with Crippen LogP contribution in [0.1, 0.15) is 26.3 Å². The number of hydrogen-bond acceptors (Lipinski definition) is 2. The standard InChI is InChI=1S/C18H21FN2O2/c1-4-23-16-8-6-5-7-15(16)20-17(22)21-18(2,3)13-9-11-14(19)12-10-13/h5-12H,4H2,1-3H3,(H2,20,21,22). The molecule has 2 aromatic carbocycles. The van der Waals surface area contributed by atoms with Gasteiger partial charge in [-0.05, 0) is 50.6 Å². The van der Waals surface area contributed by atoms with Crippen LogP contribution < -0.4 is 15.4 Å². The van der Waals surface area contributed by atoms with Crippen LogP contribution in [0.25, 0.3) is 0 Å². The second-order valence-electron chi connectivity index (χ2n) is 5.64. The zero-order valence-electron chi connectivity index (χ0n) is 13.5. The van der Waals surface area contributed by atoms with Crippen molar-refractivity contribution in [2.45, 2.75) is 26.3 Å². The molecule has 0 radical (unpaired) electrons. The first-order valence-corrected chi connectivity index (χ1v) is 7.49. The molecule has 0 fully saturated rings. The van der Waals surface area contributed by atoms with Crippen molar-refractivity contribution in [1.29, 1.82) is 0 Å². The number of benzene rings is 2. The molecule has 23 heavy (non-hydrogen) atoms. The monoisotopic (exact) mass is 316 g/mol. The quantitative estimate of drug-likeness (QED) is 0.865. The Kier molecular flexibility index (Phi) is 5.21. The highest BCUT2D eigenvalue weighted by atomic mass is 19.1. The lowest BCUT2D eigenvalue weighted by molar-refractivity contribution is 0.241. The number of carbonyl (C=O) groups excluding carboxylic acids is 1. The fourth-order valence-electron chi connectivity index (χ4n) is 2.23. The molecule has 0 aliphatic carbocycles. The fraction of sp³-hybridized carbons (Fsp3) is 0.278. The van der Waals surface area contributed by atoms with Gasteiger partial charge in [0.05, 0.1) is 17.8 Å². The van der Waals surface area contributed by atoms with Gasteiger partial charge in [-0.1, -0.05) is 24.3 Å². The Labute approximate surface area is 135 Å². The smallest absolute Gasteiger partial charge is 0.320 e. The molecule has 2 N–H and O–H groups in total. The van der Waals surface area contributed by atoms with Gasteiger partial charge in [0.25, 0.3) is 0 Å². The van der Waals surface area contributed by atoms with E-state index in [0.29, 0.717) is 18.0 Å². The van der Waals surface area contributed by atoms with Crippen molar-refractivity contribution in [2.75, 3.05) is 11.9 Å². The highest BCUT2D eigenvalue weighted by Gasteiger charge is 2.23. The zero-order chi connectivity index (χ0) is 16.9. The summed E-state index contributed by atoms with van der Waals surface area (Å²) in [7, 11) is 0. The summed E-state index contributed by atoms with van der Waals surface area (Å²) in [5, 5.41) is 5.67. The highest BCUT2D eigenvalue weighted by Crippen LogP contribution is 2.25. The largest absolute Gasteiger partial charge is 0.492 e. The number of amides is 2. The summed E-state index contributed by atoms with van der Waals surface area (Å²) in [5.41, 5.74) is 0.770. The number of rotatable bonds is 5. The highest BCUT2D eigenvalue weighted by molar-refractivity contribution is 5.91. The number of para-hydroxylation sites is 2. The molecule has 2 aromatic rings. The second-order valence-corrected chi connectivity index (χ2v) is 5.64. The number of anilines is 1. The lowest BCUT2D eigenvalue weighted by Crippen LogP contribution is -2.43. The second kappa shape index (κ2) is 7.13. The summed E-state index contributed by atoms with van der Waals surface area (Å²) in [4.78, 5) is 12.3. The molecule has 0 saturated heterocycles. The van der Waals surface area contributed by atoms with E-state index in [1.807, 2.05) is 32.9 Å². The maximum Gasteiger partial charge on any atom is 0.320 e. The van der Waals surface area contributed by atoms with Crippen LogP contribution in [0.5, 0.6) is 5.75 Å². The summed E-state index contributed by atoms with van der Waals surface area (Å²) in [6, 6.07) is 12.9. The Hall–Kier alpha value is -2.56. The van der Waals surface area contributed by atoms with Gasteiger partial charge in [0.2, 0.25) is 0 Å². The van der Waals surface area contributed by atoms with Crippen LogP contribution in [0.2, 0.25) is 0 Å². The van der Waals surface area contributed by atoms with Gasteiger partial charge in [-0.3, -0.25) is 0 Å². The molecule has 2 rings (SSSR count). The molecule has 0 aliphatic rings. The summed E-state index contributed by atoms with van der Waals surface area (Å²) >= 11 is 0. The van der Waals surface area contributed by atoms with E-state index in [4.69, 9.17) is 4.74 Å². The van der Waals surface area contributed by atoms with Gasteiger partial charge < -0.3 is 15.4 Å². The van der Waals surface area contributed by atoms with Gasteiger partial charge in [0.1, 0.15) is 11.6 Å². The van der Waals surface area contributed by atoms with Gasteiger partial charge in [-0.2, -0.15) is 0 Å². The molecule has 122 valence electrons. The molecule has 0 aromatic heterocycles. The molecule has 0 aliphatic heterocycles. The Bertz CT molecular complexity index is 669. The maximum atomic E-state index is 13.0. The molecule has 4 nitrogen and oxygen atoms in total. The van der Waals surface area contributed by atoms with E-state index in [1.54, 1.807) is 24.3 Å². The third kappa shape index (κ3) is 4.45. The minimum absolute atomic E-state index is 0.306. The minimum Gasteiger partial charge on any atom is -0.492 e. The third-order valence-electron chi connectivity index (χ3n) is 3.43. The number of carbonyl (C=O) groups is 1. The Morgan fingerprint density at radius 2 is 1.78 bits per heavy atom. The minimum atomic E-state index is -0.641. The zero-order valence-corrected chi connectivity index (χ0v) is 13.5. The third-order valence-corrected chi connectivity index (χ3v) is 3.43. The van der Waals surface area contributed by atoms with Crippen LogP contribution in [0.3, 0.4) is 0 Å². The molecule has 0 atom stereocenters. The van der Waals surface area contributed by atoms with Crippen molar-refractivity contribution in [2.24, 2.45) is 0 Å². The molecular weight excluding hydrogens is 295 g/mol. The molecule has 0 bridgehead atoms. The fourth-order valence-corrected chi connectivity index (χ4v) is 2.23. The van der Waals surface area contributed by atoms with Gasteiger partial charge in [0.15, 0.2) is 0 Å². The van der Waals surface area contributed by atoms with Crippen LogP contribution >= 0.6 is 0 Å². The number of hydrogen-bond donors (Lipinski definition) is 2. The lowest BCUT2D eigenvalue weighted by Gasteiger charge is -2.27.